The summed E-state index contributed by atoms with van der Waals surface area (Å²) in [6.07, 6.45) is 0. The third kappa shape index (κ3) is 4.69. The third-order valence-electron chi connectivity index (χ3n) is 3.69. The highest BCUT2D eigenvalue weighted by molar-refractivity contribution is 8.00. The molecule has 0 aliphatic carbocycles. The zero-order valence-electron chi connectivity index (χ0n) is 14.3. The molecule has 6 nitrogen and oxygen atoms in total. The van der Waals surface area contributed by atoms with Crippen molar-refractivity contribution in [3.63, 3.8) is 0 Å². The Balaban J connectivity index is 1.75. The second-order valence-corrected chi connectivity index (χ2v) is 7.46. The molecule has 1 heterocycles. The van der Waals surface area contributed by atoms with Crippen LogP contribution in [0, 0.1) is 0 Å². The topological polar surface area (TPSA) is 95.1 Å². The van der Waals surface area contributed by atoms with Gasteiger partial charge in [-0.05, 0) is 30.7 Å². The van der Waals surface area contributed by atoms with Crippen LogP contribution in [0.15, 0.2) is 64.5 Å². The lowest BCUT2D eigenvalue weighted by Gasteiger charge is -2.12. The SMILES string of the molecule is C[C@H](Sc1nc(O)c(-c2ccccc2)c(=O)[nH]1)C(=O)Nc1cccc(Cl)c1. The van der Waals surface area contributed by atoms with Crippen molar-refractivity contribution in [1.29, 1.82) is 0 Å². The molecule has 1 atom stereocenters. The van der Waals surface area contributed by atoms with Crippen LogP contribution in [0.3, 0.4) is 0 Å². The molecule has 138 valence electrons. The van der Waals surface area contributed by atoms with E-state index in [1.54, 1.807) is 55.5 Å². The number of halogens is 1. The summed E-state index contributed by atoms with van der Waals surface area (Å²) in [7, 11) is 0. The Labute approximate surface area is 164 Å². The molecular formula is C19H16ClN3O3S. The fraction of sp³-hybridized carbons (Fsp3) is 0.105. The van der Waals surface area contributed by atoms with Crippen LogP contribution in [0.4, 0.5) is 5.69 Å². The van der Waals surface area contributed by atoms with E-state index < -0.39 is 10.8 Å². The number of hydrogen-bond donors (Lipinski definition) is 3. The lowest BCUT2D eigenvalue weighted by molar-refractivity contribution is -0.115. The van der Waals surface area contributed by atoms with Crippen molar-refractivity contribution in [1.82, 2.24) is 9.97 Å². The number of benzene rings is 2. The molecule has 2 aromatic carbocycles. The summed E-state index contributed by atoms with van der Waals surface area (Å²) in [4.78, 5) is 31.3. The maximum absolute atomic E-state index is 12.4. The Morgan fingerprint density at radius 1 is 1.22 bits per heavy atom. The molecule has 0 radical (unpaired) electrons. The van der Waals surface area contributed by atoms with Crippen LogP contribution in [0.5, 0.6) is 5.88 Å². The molecule has 0 unspecified atom stereocenters. The second-order valence-electron chi connectivity index (χ2n) is 5.70. The van der Waals surface area contributed by atoms with Crippen LogP contribution in [-0.2, 0) is 4.79 Å². The molecule has 0 fully saturated rings. The van der Waals surface area contributed by atoms with Crippen LogP contribution < -0.4 is 10.9 Å². The maximum Gasteiger partial charge on any atom is 0.263 e. The summed E-state index contributed by atoms with van der Waals surface area (Å²) < 4.78 is 0. The van der Waals surface area contributed by atoms with Gasteiger partial charge < -0.3 is 15.4 Å². The van der Waals surface area contributed by atoms with Gasteiger partial charge in [0, 0.05) is 10.7 Å². The predicted octanol–water partition coefficient (Wildman–Crippen LogP) is 3.92. The number of anilines is 1. The minimum atomic E-state index is -0.561. The smallest absolute Gasteiger partial charge is 0.263 e. The van der Waals surface area contributed by atoms with E-state index in [4.69, 9.17) is 11.6 Å². The van der Waals surface area contributed by atoms with Crippen molar-refractivity contribution in [2.45, 2.75) is 17.3 Å². The van der Waals surface area contributed by atoms with Crippen LogP contribution in [-0.4, -0.2) is 26.2 Å². The van der Waals surface area contributed by atoms with Crippen molar-refractivity contribution in [2.75, 3.05) is 5.32 Å². The first-order chi connectivity index (χ1) is 12.9. The number of hydrogen-bond acceptors (Lipinski definition) is 5. The van der Waals surface area contributed by atoms with Crippen molar-refractivity contribution < 1.29 is 9.90 Å². The zero-order valence-corrected chi connectivity index (χ0v) is 15.8. The Hall–Kier alpha value is -2.77. The van der Waals surface area contributed by atoms with Gasteiger partial charge in [0.25, 0.3) is 5.56 Å². The van der Waals surface area contributed by atoms with Crippen molar-refractivity contribution in [2.24, 2.45) is 0 Å². The molecule has 0 saturated heterocycles. The van der Waals surface area contributed by atoms with Gasteiger partial charge in [0.15, 0.2) is 5.16 Å². The molecule has 27 heavy (non-hydrogen) atoms. The van der Waals surface area contributed by atoms with Crippen molar-refractivity contribution in [3.8, 4) is 17.0 Å². The monoisotopic (exact) mass is 401 g/mol. The summed E-state index contributed by atoms with van der Waals surface area (Å²) in [5, 5.41) is 13.0. The van der Waals surface area contributed by atoms with Gasteiger partial charge in [-0.2, -0.15) is 4.98 Å². The Morgan fingerprint density at radius 2 is 1.96 bits per heavy atom. The molecule has 1 amide bonds. The van der Waals surface area contributed by atoms with E-state index in [0.717, 1.165) is 11.8 Å². The minimum Gasteiger partial charge on any atom is -0.493 e. The van der Waals surface area contributed by atoms with Crippen LogP contribution in [0.25, 0.3) is 11.1 Å². The average molecular weight is 402 g/mol. The van der Waals surface area contributed by atoms with Crippen molar-refractivity contribution >= 4 is 35.0 Å². The molecule has 0 bridgehead atoms. The Morgan fingerprint density at radius 3 is 2.63 bits per heavy atom. The summed E-state index contributed by atoms with van der Waals surface area (Å²) in [5.74, 6) is -0.661. The van der Waals surface area contributed by atoms with Crippen LogP contribution >= 0.6 is 23.4 Å². The molecule has 8 heteroatoms. The first kappa shape index (κ1) is 19.0. The molecule has 1 aromatic heterocycles. The van der Waals surface area contributed by atoms with Gasteiger partial charge in [-0.25, -0.2) is 0 Å². The highest BCUT2D eigenvalue weighted by Gasteiger charge is 2.19. The van der Waals surface area contributed by atoms with Gasteiger partial charge in [-0.1, -0.05) is 59.8 Å². The largest absolute Gasteiger partial charge is 0.493 e. The third-order valence-corrected chi connectivity index (χ3v) is 4.91. The number of H-pyrrole nitrogens is 1. The van der Waals surface area contributed by atoms with Crippen LogP contribution in [0.2, 0.25) is 5.02 Å². The summed E-state index contributed by atoms with van der Waals surface area (Å²) in [6.45, 7) is 1.67. The molecule has 0 aliphatic heterocycles. The van der Waals surface area contributed by atoms with E-state index >= 15 is 0 Å². The van der Waals surface area contributed by atoms with Crippen molar-refractivity contribution in [3.05, 3.63) is 70.0 Å². The number of aromatic amines is 1. The number of aromatic nitrogens is 2. The number of nitrogens with one attached hydrogen (secondary N) is 2. The molecule has 0 saturated carbocycles. The fourth-order valence-electron chi connectivity index (χ4n) is 2.39. The van der Waals surface area contributed by atoms with Gasteiger partial charge in [0.05, 0.1) is 5.25 Å². The molecule has 0 spiro atoms. The van der Waals surface area contributed by atoms with Crippen LogP contribution in [0.1, 0.15) is 6.92 Å². The number of thioether (sulfide) groups is 1. The number of nitrogens with zero attached hydrogens (tertiary/aromatic N) is 1. The first-order valence-corrected chi connectivity index (χ1v) is 9.31. The number of amides is 1. The number of aromatic hydroxyl groups is 1. The highest BCUT2D eigenvalue weighted by Crippen LogP contribution is 2.27. The van der Waals surface area contributed by atoms with E-state index in [-0.39, 0.29) is 22.5 Å². The van der Waals surface area contributed by atoms with E-state index in [0.29, 0.717) is 16.3 Å². The quantitative estimate of drug-likeness (QED) is 0.445. The predicted molar refractivity (Wildman–Crippen MR) is 107 cm³/mol. The maximum atomic E-state index is 12.4. The molecular weight excluding hydrogens is 386 g/mol. The van der Waals surface area contributed by atoms with Gasteiger partial charge in [-0.3, -0.25) is 9.59 Å². The lowest BCUT2D eigenvalue weighted by Crippen LogP contribution is -2.23. The minimum absolute atomic E-state index is 0.0935. The zero-order chi connectivity index (χ0) is 19.4. The second kappa shape index (κ2) is 8.28. The molecule has 3 rings (SSSR count). The number of carbonyl (C=O) groups is 1. The van der Waals surface area contributed by atoms with Gasteiger partial charge in [0.1, 0.15) is 5.56 Å². The Kier molecular flexibility index (Phi) is 5.83. The van der Waals surface area contributed by atoms with E-state index in [9.17, 15) is 14.7 Å². The van der Waals surface area contributed by atoms with E-state index in [1.807, 2.05) is 6.07 Å². The number of rotatable bonds is 5. The fourth-order valence-corrected chi connectivity index (χ4v) is 3.38. The Bertz CT molecular complexity index is 1020. The summed E-state index contributed by atoms with van der Waals surface area (Å²) >= 11 is 6.94. The summed E-state index contributed by atoms with van der Waals surface area (Å²) in [6, 6.07) is 15.6. The standard InChI is InChI=1S/C19H16ClN3O3S/c1-11(16(24)21-14-9-5-8-13(20)10-14)27-19-22-17(25)15(18(26)23-19)12-6-3-2-4-7-12/h2-11H,1H3,(H,21,24)(H2,22,23,25,26)/t11-/m0/s1. The molecule has 0 aliphatic rings. The highest BCUT2D eigenvalue weighted by atomic mass is 35.5. The number of carbonyl (C=O) groups excluding carboxylic acids is 1. The lowest BCUT2D eigenvalue weighted by atomic mass is 10.1. The normalized spacial score (nSPS) is 11.8. The average Bonchev–Trinajstić information content (AvgIpc) is 2.62. The first-order valence-electron chi connectivity index (χ1n) is 8.06. The summed E-state index contributed by atoms with van der Waals surface area (Å²) in [5.41, 5.74) is 0.755. The van der Waals surface area contributed by atoms with Gasteiger partial charge in [-0.15, -0.1) is 0 Å². The van der Waals surface area contributed by atoms with Gasteiger partial charge in [0.2, 0.25) is 11.8 Å². The molecule has 3 N–H and O–H groups in total. The van der Waals surface area contributed by atoms with E-state index in [1.165, 1.54) is 0 Å². The van der Waals surface area contributed by atoms with Gasteiger partial charge >= 0.3 is 0 Å². The molecule has 3 aromatic rings. The van der Waals surface area contributed by atoms with E-state index in [2.05, 4.69) is 15.3 Å².